The molecule has 108 valence electrons. The van der Waals surface area contributed by atoms with E-state index < -0.39 is 6.61 Å². The molecule has 2 fully saturated rings. The minimum absolute atomic E-state index is 0.209. The van der Waals surface area contributed by atoms with Crippen LogP contribution in [0.1, 0.15) is 24.8 Å². The van der Waals surface area contributed by atoms with Crippen LogP contribution < -0.4 is 10.1 Å². The number of halogens is 2. The average molecular weight is 279 g/mol. The van der Waals surface area contributed by atoms with Gasteiger partial charge in [-0.1, -0.05) is 30.7 Å². The molecular weight excluding hydrogens is 260 g/mol. The highest BCUT2D eigenvalue weighted by molar-refractivity contribution is 5.52. The predicted octanol–water partition coefficient (Wildman–Crippen LogP) is 3.69. The molecule has 1 N–H and O–H groups in total. The van der Waals surface area contributed by atoms with E-state index in [4.69, 9.17) is 0 Å². The Labute approximate surface area is 117 Å². The highest BCUT2D eigenvalue weighted by Crippen LogP contribution is 2.38. The van der Waals surface area contributed by atoms with Crippen LogP contribution in [0.25, 0.3) is 6.08 Å². The normalized spacial score (nSPS) is 29.2. The Balaban J connectivity index is 1.66. The van der Waals surface area contributed by atoms with Crippen LogP contribution in [-0.2, 0) is 0 Å². The molecule has 1 saturated carbocycles. The zero-order valence-electron chi connectivity index (χ0n) is 11.3. The molecule has 1 saturated heterocycles. The molecule has 1 aliphatic heterocycles. The Hall–Kier alpha value is -1.42. The van der Waals surface area contributed by atoms with Crippen molar-refractivity contribution in [1.29, 1.82) is 0 Å². The molecule has 0 spiro atoms. The summed E-state index contributed by atoms with van der Waals surface area (Å²) in [5, 5.41) is 3.54. The van der Waals surface area contributed by atoms with E-state index in [0.29, 0.717) is 6.04 Å². The smallest absolute Gasteiger partial charge is 0.387 e. The van der Waals surface area contributed by atoms with Crippen molar-refractivity contribution in [2.45, 2.75) is 31.9 Å². The maximum Gasteiger partial charge on any atom is 0.387 e. The fourth-order valence-electron chi connectivity index (χ4n) is 3.45. The van der Waals surface area contributed by atoms with Crippen LogP contribution in [0.3, 0.4) is 0 Å². The van der Waals surface area contributed by atoms with E-state index in [1.165, 1.54) is 19.3 Å². The summed E-state index contributed by atoms with van der Waals surface area (Å²) in [7, 11) is 0. The number of fused-ring (bicyclic) bond motifs is 1. The van der Waals surface area contributed by atoms with Crippen molar-refractivity contribution in [3.05, 3.63) is 35.9 Å². The maximum atomic E-state index is 12.2. The van der Waals surface area contributed by atoms with Crippen molar-refractivity contribution in [2.75, 3.05) is 6.54 Å². The second-order valence-corrected chi connectivity index (χ2v) is 5.60. The van der Waals surface area contributed by atoms with Crippen molar-refractivity contribution in [3.8, 4) is 5.75 Å². The van der Waals surface area contributed by atoms with Crippen molar-refractivity contribution < 1.29 is 13.5 Å². The fourth-order valence-corrected chi connectivity index (χ4v) is 3.45. The number of hydrogen-bond donors (Lipinski definition) is 1. The average Bonchev–Trinajstić information content (AvgIpc) is 2.99. The van der Waals surface area contributed by atoms with Gasteiger partial charge in [-0.3, -0.25) is 0 Å². The summed E-state index contributed by atoms with van der Waals surface area (Å²) in [4.78, 5) is 0. The highest BCUT2D eigenvalue weighted by Gasteiger charge is 2.37. The predicted molar refractivity (Wildman–Crippen MR) is 74.7 cm³/mol. The lowest BCUT2D eigenvalue weighted by Crippen LogP contribution is -2.23. The molecule has 20 heavy (non-hydrogen) atoms. The molecule has 0 bridgehead atoms. The summed E-state index contributed by atoms with van der Waals surface area (Å²) in [5.41, 5.74) is 0.895. The number of alkyl halides is 2. The lowest BCUT2D eigenvalue weighted by atomic mass is 9.93. The standard InChI is InChI=1S/C16H19F2NO/c17-16(18)20-13-5-1-3-11(9-13)7-8-15-14-6-2-4-12(14)10-19-15/h1,3,5,7-9,12,14-16,19H,2,4,6,10H2/b8-7+. The van der Waals surface area contributed by atoms with Gasteiger partial charge in [0.2, 0.25) is 0 Å². The maximum absolute atomic E-state index is 12.2. The van der Waals surface area contributed by atoms with Gasteiger partial charge in [0.25, 0.3) is 0 Å². The summed E-state index contributed by atoms with van der Waals surface area (Å²) >= 11 is 0. The summed E-state index contributed by atoms with van der Waals surface area (Å²) in [6.45, 7) is -1.67. The van der Waals surface area contributed by atoms with Crippen LogP contribution >= 0.6 is 0 Å². The number of rotatable bonds is 4. The summed E-state index contributed by atoms with van der Waals surface area (Å²) in [5.74, 6) is 1.77. The Morgan fingerprint density at radius 3 is 3.05 bits per heavy atom. The second-order valence-electron chi connectivity index (χ2n) is 5.60. The molecule has 2 aliphatic rings. The van der Waals surface area contributed by atoms with E-state index in [-0.39, 0.29) is 5.75 Å². The van der Waals surface area contributed by atoms with E-state index >= 15 is 0 Å². The minimum Gasteiger partial charge on any atom is -0.435 e. The Bertz CT molecular complexity index is 489. The molecular formula is C16H19F2NO. The molecule has 1 aromatic carbocycles. The first-order valence-electron chi connectivity index (χ1n) is 7.19. The topological polar surface area (TPSA) is 21.3 Å². The molecule has 4 heteroatoms. The monoisotopic (exact) mass is 279 g/mol. The molecule has 2 nitrogen and oxygen atoms in total. The summed E-state index contributed by atoms with van der Waals surface area (Å²) in [6.07, 6.45) is 8.12. The molecule has 3 atom stereocenters. The lowest BCUT2D eigenvalue weighted by Gasteiger charge is -2.13. The van der Waals surface area contributed by atoms with E-state index in [1.807, 2.05) is 12.1 Å². The first kappa shape index (κ1) is 13.6. The van der Waals surface area contributed by atoms with E-state index in [2.05, 4.69) is 16.1 Å². The van der Waals surface area contributed by atoms with Gasteiger partial charge in [-0.15, -0.1) is 0 Å². The first-order valence-corrected chi connectivity index (χ1v) is 7.19. The molecule has 0 radical (unpaired) electrons. The van der Waals surface area contributed by atoms with Gasteiger partial charge in [0.1, 0.15) is 5.75 Å². The Morgan fingerprint density at radius 1 is 1.30 bits per heavy atom. The van der Waals surface area contributed by atoms with Crippen molar-refractivity contribution >= 4 is 6.08 Å². The van der Waals surface area contributed by atoms with Crippen LogP contribution in [0, 0.1) is 11.8 Å². The van der Waals surface area contributed by atoms with Crippen molar-refractivity contribution in [2.24, 2.45) is 11.8 Å². The number of benzene rings is 1. The number of nitrogens with one attached hydrogen (secondary N) is 1. The number of hydrogen-bond acceptors (Lipinski definition) is 2. The molecule has 1 aliphatic carbocycles. The van der Waals surface area contributed by atoms with Gasteiger partial charge >= 0.3 is 6.61 Å². The van der Waals surface area contributed by atoms with Gasteiger partial charge in [-0.05, 0) is 48.9 Å². The van der Waals surface area contributed by atoms with E-state index in [1.54, 1.807) is 18.2 Å². The van der Waals surface area contributed by atoms with Gasteiger partial charge in [-0.2, -0.15) is 8.78 Å². The van der Waals surface area contributed by atoms with Crippen LogP contribution in [0.2, 0.25) is 0 Å². The molecule has 1 heterocycles. The van der Waals surface area contributed by atoms with Gasteiger partial charge in [-0.25, -0.2) is 0 Å². The van der Waals surface area contributed by atoms with E-state index in [0.717, 1.165) is 23.9 Å². The summed E-state index contributed by atoms with van der Waals surface area (Å²) in [6, 6.07) is 7.24. The SMILES string of the molecule is FC(F)Oc1cccc(/C=C/C2NCC3CCCC32)c1. The third-order valence-corrected chi connectivity index (χ3v) is 4.37. The third-order valence-electron chi connectivity index (χ3n) is 4.37. The van der Waals surface area contributed by atoms with Crippen LogP contribution in [0.15, 0.2) is 30.3 Å². The quantitative estimate of drug-likeness (QED) is 0.907. The van der Waals surface area contributed by atoms with Crippen molar-refractivity contribution in [3.63, 3.8) is 0 Å². The lowest BCUT2D eigenvalue weighted by molar-refractivity contribution is -0.0498. The molecule has 0 aromatic heterocycles. The second kappa shape index (κ2) is 5.92. The Kier molecular flexibility index (Phi) is 4.01. The van der Waals surface area contributed by atoms with Crippen LogP contribution in [0.5, 0.6) is 5.75 Å². The molecule has 0 amide bonds. The number of ether oxygens (including phenoxy) is 1. The molecule has 3 rings (SSSR count). The fraction of sp³-hybridized carbons (Fsp3) is 0.500. The van der Waals surface area contributed by atoms with Gasteiger partial charge in [0, 0.05) is 6.04 Å². The van der Waals surface area contributed by atoms with Crippen LogP contribution in [0.4, 0.5) is 8.78 Å². The zero-order chi connectivity index (χ0) is 13.9. The summed E-state index contributed by atoms with van der Waals surface area (Å²) < 4.78 is 28.8. The third kappa shape index (κ3) is 3.01. The van der Waals surface area contributed by atoms with Gasteiger partial charge in [0.05, 0.1) is 0 Å². The largest absolute Gasteiger partial charge is 0.435 e. The highest BCUT2D eigenvalue weighted by atomic mass is 19.3. The van der Waals surface area contributed by atoms with Gasteiger partial charge < -0.3 is 10.1 Å². The van der Waals surface area contributed by atoms with Crippen LogP contribution in [-0.4, -0.2) is 19.2 Å². The zero-order valence-corrected chi connectivity index (χ0v) is 11.3. The van der Waals surface area contributed by atoms with Crippen molar-refractivity contribution in [1.82, 2.24) is 5.32 Å². The first-order chi connectivity index (χ1) is 9.72. The Morgan fingerprint density at radius 2 is 2.20 bits per heavy atom. The minimum atomic E-state index is -2.77. The van der Waals surface area contributed by atoms with E-state index in [9.17, 15) is 8.78 Å². The van der Waals surface area contributed by atoms with Gasteiger partial charge in [0.15, 0.2) is 0 Å². The molecule has 3 unspecified atom stereocenters. The molecule has 1 aromatic rings.